The summed E-state index contributed by atoms with van der Waals surface area (Å²) in [6.07, 6.45) is 10.5. The Morgan fingerprint density at radius 3 is 1.26 bits per heavy atom. The standard InChI is InChI=1S/2C10H14N2O.4C2H6/c2*13-10(9-4-2-6-12-9)8-3-1-5-11-7-8;4*1-2/h2*1,3,5,7,9-10,12-13H,2,4,6H2;4*1-2H3/t9?,10-;9-,10-;;;;/m11..../s1. The molecule has 196 valence electrons. The fourth-order valence-electron chi connectivity index (χ4n) is 3.53. The second-order valence-corrected chi connectivity index (χ2v) is 6.87. The lowest BCUT2D eigenvalue weighted by molar-refractivity contribution is 0.137. The number of nitrogens with one attached hydrogen (secondary N) is 2. The van der Waals surface area contributed by atoms with Crippen molar-refractivity contribution in [1.29, 1.82) is 0 Å². The van der Waals surface area contributed by atoms with Crippen LogP contribution in [0.3, 0.4) is 0 Å². The number of aliphatic hydroxyl groups excluding tert-OH is 2. The highest BCUT2D eigenvalue weighted by atomic mass is 16.3. The molecule has 0 spiro atoms. The van der Waals surface area contributed by atoms with Gasteiger partial charge in [-0.2, -0.15) is 0 Å². The van der Waals surface area contributed by atoms with Gasteiger partial charge >= 0.3 is 0 Å². The summed E-state index contributed by atoms with van der Waals surface area (Å²) < 4.78 is 0. The fourth-order valence-corrected chi connectivity index (χ4v) is 3.53. The second kappa shape index (κ2) is 24.3. The molecule has 4 rings (SSSR count). The summed E-state index contributed by atoms with van der Waals surface area (Å²) >= 11 is 0. The van der Waals surface area contributed by atoms with Crippen LogP contribution in [0.25, 0.3) is 0 Å². The number of aliphatic hydroxyl groups is 2. The third kappa shape index (κ3) is 13.1. The molecule has 0 radical (unpaired) electrons. The molecule has 1 unspecified atom stereocenters. The van der Waals surface area contributed by atoms with Crippen LogP contribution in [-0.4, -0.2) is 45.4 Å². The molecule has 0 saturated carbocycles. The molecule has 34 heavy (non-hydrogen) atoms. The highest BCUT2D eigenvalue weighted by Gasteiger charge is 2.24. The number of rotatable bonds is 4. The van der Waals surface area contributed by atoms with Crippen LogP contribution in [0.2, 0.25) is 0 Å². The van der Waals surface area contributed by atoms with E-state index in [9.17, 15) is 10.2 Å². The van der Waals surface area contributed by atoms with E-state index < -0.39 is 12.2 Å². The summed E-state index contributed by atoms with van der Waals surface area (Å²) in [4.78, 5) is 7.98. The van der Waals surface area contributed by atoms with Crippen LogP contribution in [0.1, 0.15) is 104 Å². The Balaban J connectivity index is 0. The van der Waals surface area contributed by atoms with E-state index in [2.05, 4.69) is 20.6 Å². The van der Waals surface area contributed by atoms with E-state index in [0.29, 0.717) is 0 Å². The van der Waals surface area contributed by atoms with Crippen LogP contribution < -0.4 is 10.6 Å². The Morgan fingerprint density at radius 1 is 0.676 bits per heavy atom. The third-order valence-electron chi connectivity index (χ3n) is 5.01. The van der Waals surface area contributed by atoms with Gasteiger partial charge in [0.05, 0.1) is 12.2 Å². The number of nitrogens with zero attached hydrogens (tertiary/aromatic N) is 2. The first-order chi connectivity index (χ1) is 16.8. The molecule has 2 aliphatic heterocycles. The van der Waals surface area contributed by atoms with Crippen molar-refractivity contribution in [3.63, 3.8) is 0 Å². The number of aromatic nitrogens is 2. The van der Waals surface area contributed by atoms with Crippen molar-refractivity contribution in [1.82, 2.24) is 20.6 Å². The van der Waals surface area contributed by atoms with Crippen molar-refractivity contribution >= 4 is 0 Å². The van der Waals surface area contributed by atoms with E-state index in [4.69, 9.17) is 0 Å². The van der Waals surface area contributed by atoms with Gasteiger partial charge in [0.25, 0.3) is 0 Å². The van der Waals surface area contributed by atoms with Crippen LogP contribution in [0.15, 0.2) is 49.1 Å². The van der Waals surface area contributed by atoms with Gasteiger partial charge in [-0.1, -0.05) is 67.5 Å². The molecule has 6 heteroatoms. The predicted molar refractivity (Wildman–Crippen MR) is 146 cm³/mol. The number of pyridine rings is 2. The Kier molecular flexibility index (Phi) is 24.5. The first kappa shape index (κ1) is 34.3. The zero-order valence-electron chi connectivity index (χ0n) is 23.0. The second-order valence-electron chi connectivity index (χ2n) is 6.87. The molecule has 0 amide bonds. The summed E-state index contributed by atoms with van der Waals surface area (Å²) in [6.45, 7) is 18.0. The maximum absolute atomic E-state index is 9.92. The van der Waals surface area contributed by atoms with E-state index in [1.165, 1.54) is 0 Å². The molecule has 0 aromatic carbocycles. The minimum Gasteiger partial charge on any atom is -0.387 e. The quantitative estimate of drug-likeness (QED) is 0.443. The van der Waals surface area contributed by atoms with Crippen LogP contribution in [-0.2, 0) is 0 Å². The Bertz CT molecular complexity index is 574. The number of hydrogen-bond donors (Lipinski definition) is 4. The van der Waals surface area contributed by atoms with Gasteiger partial charge in [0.15, 0.2) is 0 Å². The monoisotopic (exact) mass is 476 g/mol. The highest BCUT2D eigenvalue weighted by molar-refractivity contribution is 5.15. The van der Waals surface area contributed by atoms with E-state index >= 15 is 0 Å². The number of hydrogen-bond acceptors (Lipinski definition) is 6. The van der Waals surface area contributed by atoms with Crippen molar-refractivity contribution < 1.29 is 10.2 Å². The Hall–Kier alpha value is -1.86. The lowest BCUT2D eigenvalue weighted by Crippen LogP contribution is -2.28. The molecule has 2 aliphatic rings. The van der Waals surface area contributed by atoms with Gasteiger partial charge in [0, 0.05) is 48.0 Å². The summed E-state index contributed by atoms with van der Waals surface area (Å²) in [5, 5.41) is 26.4. The molecule has 6 nitrogen and oxygen atoms in total. The van der Waals surface area contributed by atoms with E-state index in [0.717, 1.165) is 49.9 Å². The van der Waals surface area contributed by atoms with Crippen LogP contribution in [0.4, 0.5) is 0 Å². The van der Waals surface area contributed by atoms with E-state index in [1.807, 2.05) is 79.7 Å². The predicted octanol–water partition coefficient (Wildman–Crippen LogP) is 5.84. The fraction of sp³-hybridized carbons (Fsp3) is 0.643. The highest BCUT2D eigenvalue weighted by Crippen LogP contribution is 2.22. The zero-order chi connectivity index (χ0) is 26.2. The lowest BCUT2D eigenvalue weighted by atomic mass is 10.0. The minimum atomic E-state index is -0.406. The van der Waals surface area contributed by atoms with Gasteiger partial charge in [0.1, 0.15) is 0 Å². The van der Waals surface area contributed by atoms with Gasteiger partial charge in [-0.15, -0.1) is 0 Å². The summed E-state index contributed by atoms with van der Waals surface area (Å²) in [6, 6.07) is 7.96. The first-order valence-corrected chi connectivity index (χ1v) is 13.4. The third-order valence-corrected chi connectivity index (χ3v) is 5.01. The van der Waals surface area contributed by atoms with Gasteiger partial charge in [-0.3, -0.25) is 9.97 Å². The van der Waals surface area contributed by atoms with Crippen molar-refractivity contribution in [3.05, 3.63) is 60.2 Å². The van der Waals surface area contributed by atoms with Crippen molar-refractivity contribution in [3.8, 4) is 0 Å². The Labute approximate surface area is 209 Å². The van der Waals surface area contributed by atoms with E-state index in [1.54, 1.807) is 24.8 Å². The molecule has 2 fully saturated rings. The summed E-state index contributed by atoms with van der Waals surface area (Å²) in [5.74, 6) is 0. The van der Waals surface area contributed by atoms with Crippen molar-refractivity contribution in [2.45, 2.75) is 105 Å². The van der Waals surface area contributed by atoms with E-state index in [-0.39, 0.29) is 12.1 Å². The molecule has 0 aliphatic carbocycles. The summed E-state index contributed by atoms with van der Waals surface area (Å²) in [7, 11) is 0. The van der Waals surface area contributed by atoms with Crippen molar-refractivity contribution in [2.75, 3.05) is 13.1 Å². The molecule has 0 bridgehead atoms. The maximum atomic E-state index is 9.92. The normalized spacial score (nSPS) is 19.5. The topological polar surface area (TPSA) is 90.3 Å². The molecule has 2 saturated heterocycles. The average molecular weight is 477 g/mol. The SMILES string of the molecule is CC.CC.CC.CC.O[C@H](c1cccnc1)C1CCCN1.O[C@H](c1cccnc1)[C@H]1CCCN1. The lowest BCUT2D eigenvalue weighted by Gasteiger charge is -2.17. The molecule has 4 heterocycles. The summed E-state index contributed by atoms with van der Waals surface area (Å²) in [5.41, 5.74) is 1.81. The molecular formula is C28H52N4O2. The van der Waals surface area contributed by atoms with Gasteiger partial charge < -0.3 is 20.8 Å². The van der Waals surface area contributed by atoms with Crippen LogP contribution >= 0.6 is 0 Å². The molecule has 4 atom stereocenters. The average Bonchev–Trinajstić information content (AvgIpc) is 3.69. The van der Waals surface area contributed by atoms with Gasteiger partial charge in [-0.25, -0.2) is 0 Å². The molecule has 4 N–H and O–H groups in total. The maximum Gasteiger partial charge on any atom is 0.0957 e. The van der Waals surface area contributed by atoms with Crippen LogP contribution in [0.5, 0.6) is 0 Å². The molecular weight excluding hydrogens is 424 g/mol. The molecule has 2 aromatic rings. The van der Waals surface area contributed by atoms with Crippen molar-refractivity contribution in [2.24, 2.45) is 0 Å². The minimum absolute atomic E-state index is 0.212. The largest absolute Gasteiger partial charge is 0.387 e. The smallest absolute Gasteiger partial charge is 0.0957 e. The van der Waals surface area contributed by atoms with Gasteiger partial charge in [-0.05, 0) is 50.9 Å². The van der Waals surface area contributed by atoms with Gasteiger partial charge in [0.2, 0.25) is 0 Å². The first-order valence-electron chi connectivity index (χ1n) is 13.4. The Morgan fingerprint density at radius 2 is 1.03 bits per heavy atom. The zero-order valence-corrected chi connectivity index (χ0v) is 23.0. The van der Waals surface area contributed by atoms with Crippen LogP contribution in [0, 0.1) is 0 Å². The molecule has 2 aromatic heterocycles.